The lowest BCUT2D eigenvalue weighted by atomic mass is 10.0. The van der Waals surface area contributed by atoms with E-state index in [1.54, 1.807) is 20.8 Å². The number of hydrogen-bond acceptors (Lipinski definition) is 2. The third-order valence-corrected chi connectivity index (χ3v) is 3.76. The minimum Gasteiger partial charge on any atom is -0.480 e. The molecule has 5 heteroatoms. The normalized spacial score (nSPS) is 17.1. The van der Waals surface area contributed by atoms with Gasteiger partial charge in [0.1, 0.15) is 5.54 Å². The molecule has 0 aromatic carbocycles. The lowest BCUT2D eigenvalue weighted by Gasteiger charge is -2.34. The van der Waals surface area contributed by atoms with Crippen molar-refractivity contribution in [3.05, 3.63) is 0 Å². The number of carbonyl (C=O) groups is 2. The zero-order valence-corrected chi connectivity index (χ0v) is 11.7. The maximum absolute atomic E-state index is 12.0. The second kappa shape index (κ2) is 5.59. The highest BCUT2D eigenvalue weighted by Gasteiger charge is 2.37. The topological polar surface area (TPSA) is 69.6 Å². The van der Waals surface area contributed by atoms with Gasteiger partial charge in [0.05, 0.1) is 0 Å². The number of rotatable bonds is 6. The predicted molar refractivity (Wildman–Crippen MR) is 69.4 cm³/mol. The fourth-order valence-electron chi connectivity index (χ4n) is 2.08. The third kappa shape index (κ3) is 3.37. The molecule has 1 unspecified atom stereocenters. The van der Waals surface area contributed by atoms with E-state index in [1.807, 2.05) is 0 Å². The van der Waals surface area contributed by atoms with Crippen LogP contribution in [-0.2, 0) is 4.79 Å². The fraction of sp³-hybridized carbons (Fsp3) is 0.846. The molecule has 18 heavy (non-hydrogen) atoms. The Labute approximate surface area is 109 Å². The molecule has 1 rings (SSSR count). The molecule has 0 bridgehead atoms. The second-order valence-corrected chi connectivity index (χ2v) is 5.61. The van der Waals surface area contributed by atoms with Gasteiger partial charge in [-0.2, -0.15) is 0 Å². The van der Waals surface area contributed by atoms with Crippen molar-refractivity contribution in [1.82, 2.24) is 10.2 Å². The minimum absolute atomic E-state index is 0.294. The molecule has 0 aromatic rings. The summed E-state index contributed by atoms with van der Waals surface area (Å²) in [6.45, 7) is 8.00. The van der Waals surface area contributed by atoms with Crippen molar-refractivity contribution in [1.29, 1.82) is 0 Å². The van der Waals surface area contributed by atoms with Gasteiger partial charge in [0.15, 0.2) is 0 Å². The van der Waals surface area contributed by atoms with Gasteiger partial charge in [-0.15, -0.1) is 0 Å². The Morgan fingerprint density at radius 2 is 2.00 bits per heavy atom. The van der Waals surface area contributed by atoms with E-state index in [0.29, 0.717) is 19.0 Å². The van der Waals surface area contributed by atoms with Crippen LogP contribution in [0.5, 0.6) is 0 Å². The van der Waals surface area contributed by atoms with E-state index in [2.05, 4.69) is 12.2 Å². The smallest absolute Gasteiger partial charge is 0.329 e. The Hall–Kier alpha value is -1.26. The number of carboxylic acids is 1. The summed E-state index contributed by atoms with van der Waals surface area (Å²) >= 11 is 0. The maximum atomic E-state index is 12.0. The van der Waals surface area contributed by atoms with Gasteiger partial charge < -0.3 is 15.3 Å². The number of nitrogens with zero attached hydrogens (tertiary/aromatic N) is 1. The SMILES string of the molecule is CCN(C(=O)NCC(C)C1CC1)C(C)(C)C(=O)O. The van der Waals surface area contributed by atoms with Gasteiger partial charge in [0, 0.05) is 13.1 Å². The summed E-state index contributed by atoms with van der Waals surface area (Å²) in [6.07, 6.45) is 2.49. The average molecular weight is 256 g/mol. The Kier molecular flexibility index (Phi) is 4.59. The van der Waals surface area contributed by atoms with Crippen molar-refractivity contribution >= 4 is 12.0 Å². The first-order valence-corrected chi connectivity index (χ1v) is 6.59. The summed E-state index contributed by atoms with van der Waals surface area (Å²) in [4.78, 5) is 24.5. The number of likely N-dealkylation sites (N-methyl/N-ethyl adjacent to an activating group) is 1. The third-order valence-electron chi connectivity index (χ3n) is 3.76. The molecule has 104 valence electrons. The minimum atomic E-state index is -1.18. The summed E-state index contributed by atoms with van der Waals surface area (Å²) in [5.41, 5.74) is -1.18. The van der Waals surface area contributed by atoms with Crippen LogP contribution < -0.4 is 5.32 Å². The molecule has 1 aliphatic rings. The number of hydrogen-bond donors (Lipinski definition) is 2. The van der Waals surface area contributed by atoms with Crippen molar-refractivity contribution in [2.75, 3.05) is 13.1 Å². The van der Waals surface area contributed by atoms with E-state index in [4.69, 9.17) is 5.11 Å². The molecule has 1 saturated carbocycles. The second-order valence-electron chi connectivity index (χ2n) is 5.61. The summed E-state index contributed by atoms with van der Waals surface area (Å²) in [5.74, 6) is 0.211. The van der Waals surface area contributed by atoms with Crippen LogP contribution in [0.2, 0.25) is 0 Å². The maximum Gasteiger partial charge on any atom is 0.329 e. The number of carboxylic acid groups (broad SMARTS) is 1. The highest BCUT2D eigenvalue weighted by atomic mass is 16.4. The number of amides is 2. The fourth-order valence-corrected chi connectivity index (χ4v) is 2.08. The average Bonchev–Trinajstić information content (AvgIpc) is 3.09. The summed E-state index contributed by atoms with van der Waals surface area (Å²) in [7, 11) is 0. The van der Waals surface area contributed by atoms with E-state index in [0.717, 1.165) is 5.92 Å². The van der Waals surface area contributed by atoms with Crippen LogP contribution in [0.4, 0.5) is 4.79 Å². The molecule has 2 N–H and O–H groups in total. The lowest BCUT2D eigenvalue weighted by Crippen LogP contribution is -2.56. The van der Waals surface area contributed by atoms with Crippen LogP contribution >= 0.6 is 0 Å². The lowest BCUT2D eigenvalue weighted by molar-refractivity contribution is -0.147. The van der Waals surface area contributed by atoms with E-state index < -0.39 is 11.5 Å². The Morgan fingerprint density at radius 3 is 2.39 bits per heavy atom. The summed E-state index contributed by atoms with van der Waals surface area (Å²) in [6, 6.07) is -0.294. The highest BCUT2D eigenvalue weighted by Crippen LogP contribution is 2.36. The van der Waals surface area contributed by atoms with E-state index in [1.165, 1.54) is 17.7 Å². The molecule has 0 aromatic heterocycles. The largest absolute Gasteiger partial charge is 0.480 e. The first-order valence-electron chi connectivity index (χ1n) is 6.59. The zero-order chi connectivity index (χ0) is 13.9. The Balaban J connectivity index is 2.53. The number of nitrogens with one attached hydrogen (secondary N) is 1. The molecule has 5 nitrogen and oxygen atoms in total. The van der Waals surface area contributed by atoms with Crippen molar-refractivity contribution < 1.29 is 14.7 Å². The van der Waals surface area contributed by atoms with Crippen molar-refractivity contribution in [3.63, 3.8) is 0 Å². The first kappa shape index (κ1) is 14.8. The van der Waals surface area contributed by atoms with E-state index >= 15 is 0 Å². The monoisotopic (exact) mass is 256 g/mol. The molecule has 0 radical (unpaired) electrons. The number of urea groups is 1. The van der Waals surface area contributed by atoms with Gasteiger partial charge in [-0.1, -0.05) is 6.92 Å². The summed E-state index contributed by atoms with van der Waals surface area (Å²) < 4.78 is 0. The zero-order valence-electron chi connectivity index (χ0n) is 11.7. The van der Waals surface area contributed by atoms with E-state index in [-0.39, 0.29) is 6.03 Å². The molecule has 0 aliphatic heterocycles. The van der Waals surface area contributed by atoms with E-state index in [9.17, 15) is 9.59 Å². The molecule has 0 heterocycles. The van der Waals surface area contributed by atoms with Crippen molar-refractivity contribution in [3.8, 4) is 0 Å². The molecular formula is C13H24N2O3. The van der Waals surface area contributed by atoms with Gasteiger partial charge in [0.25, 0.3) is 0 Å². The predicted octanol–water partition coefficient (Wildman–Crippen LogP) is 1.93. The molecule has 1 fully saturated rings. The quantitative estimate of drug-likeness (QED) is 0.763. The molecule has 0 saturated heterocycles. The Morgan fingerprint density at radius 1 is 1.44 bits per heavy atom. The van der Waals surface area contributed by atoms with Gasteiger partial charge >= 0.3 is 12.0 Å². The molecule has 1 aliphatic carbocycles. The van der Waals surface area contributed by atoms with Crippen LogP contribution in [0.3, 0.4) is 0 Å². The molecule has 2 amide bonds. The van der Waals surface area contributed by atoms with Crippen LogP contribution in [0.15, 0.2) is 0 Å². The molecule has 0 spiro atoms. The van der Waals surface area contributed by atoms with Crippen molar-refractivity contribution in [2.45, 2.75) is 46.1 Å². The van der Waals surface area contributed by atoms with Gasteiger partial charge in [-0.3, -0.25) is 0 Å². The van der Waals surface area contributed by atoms with Gasteiger partial charge in [-0.25, -0.2) is 9.59 Å². The van der Waals surface area contributed by atoms with Crippen LogP contribution in [0, 0.1) is 11.8 Å². The van der Waals surface area contributed by atoms with Gasteiger partial charge in [-0.05, 0) is 45.4 Å². The van der Waals surface area contributed by atoms with Crippen LogP contribution in [-0.4, -0.2) is 40.6 Å². The Bertz CT molecular complexity index is 324. The number of carbonyl (C=O) groups excluding carboxylic acids is 1. The first-order chi connectivity index (χ1) is 8.30. The van der Waals surface area contributed by atoms with Gasteiger partial charge in [0.2, 0.25) is 0 Å². The molecule has 1 atom stereocenters. The van der Waals surface area contributed by atoms with Crippen LogP contribution in [0.1, 0.15) is 40.5 Å². The molecular weight excluding hydrogens is 232 g/mol. The number of aliphatic carboxylic acids is 1. The standard InChI is InChI=1S/C13H24N2O3/c1-5-15(13(3,4)11(16)17)12(18)14-8-9(2)10-6-7-10/h9-10H,5-8H2,1-4H3,(H,14,18)(H,16,17). The highest BCUT2D eigenvalue weighted by molar-refractivity contribution is 5.85. The summed E-state index contributed by atoms with van der Waals surface area (Å²) in [5, 5.41) is 12.0. The van der Waals surface area contributed by atoms with Crippen molar-refractivity contribution in [2.24, 2.45) is 11.8 Å². The van der Waals surface area contributed by atoms with Crippen LogP contribution in [0.25, 0.3) is 0 Å².